The van der Waals surface area contributed by atoms with E-state index in [9.17, 15) is 14.4 Å². The van der Waals surface area contributed by atoms with Gasteiger partial charge in [-0.05, 0) is 59.7 Å². The molecule has 140 valence electrons. The molecule has 0 heterocycles. The van der Waals surface area contributed by atoms with Crippen LogP contribution in [0.2, 0.25) is 0 Å². The number of thiocarbonyl (C=S) groups is 1. The quantitative estimate of drug-likeness (QED) is 0.263. The number of carbonyl (C=O) groups is 3. The molecule has 10 heteroatoms. The summed E-state index contributed by atoms with van der Waals surface area (Å²) in [5.41, 5.74) is 5.67. The SMILES string of the molecule is CCOC(=O)/C=C/C(=O)NC(=S)NNC(=O)COc1ccc(C)cc1Br. The van der Waals surface area contributed by atoms with Crippen molar-refractivity contribution in [2.45, 2.75) is 13.8 Å². The lowest BCUT2D eigenvalue weighted by molar-refractivity contribution is -0.137. The van der Waals surface area contributed by atoms with Crippen molar-refractivity contribution in [2.24, 2.45) is 0 Å². The summed E-state index contributed by atoms with van der Waals surface area (Å²) in [5.74, 6) is -1.28. The van der Waals surface area contributed by atoms with Gasteiger partial charge in [-0.15, -0.1) is 0 Å². The molecule has 3 N–H and O–H groups in total. The van der Waals surface area contributed by atoms with E-state index in [-0.39, 0.29) is 18.3 Å². The number of carbonyl (C=O) groups excluding carboxylic acids is 3. The Labute approximate surface area is 164 Å². The molecule has 1 aromatic rings. The third-order valence-electron chi connectivity index (χ3n) is 2.66. The van der Waals surface area contributed by atoms with Crippen LogP contribution >= 0.6 is 28.1 Å². The molecule has 8 nitrogen and oxygen atoms in total. The smallest absolute Gasteiger partial charge is 0.330 e. The van der Waals surface area contributed by atoms with Crippen LogP contribution in [0.3, 0.4) is 0 Å². The number of aryl methyl sites for hydroxylation is 1. The van der Waals surface area contributed by atoms with Crippen LogP contribution in [-0.2, 0) is 19.1 Å². The largest absolute Gasteiger partial charge is 0.483 e. The zero-order chi connectivity index (χ0) is 19.5. The Hall–Kier alpha value is -2.46. The Kier molecular flexibility index (Phi) is 9.31. The van der Waals surface area contributed by atoms with Crippen LogP contribution in [0.25, 0.3) is 0 Å². The first kappa shape index (κ1) is 21.6. The molecule has 0 unspecified atom stereocenters. The Morgan fingerprint density at radius 1 is 1.23 bits per heavy atom. The van der Waals surface area contributed by atoms with Crippen LogP contribution < -0.4 is 20.9 Å². The average molecular weight is 444 g/mol. The maximum atomic E-state index is 11.7. The average Bonchev–Trinajstić information content (AvgIpc) is 2.57. The molecule has 0 aromatic heterocycles. The Balaban J connectivity index is 2.32. The van der Waals surface area contributed by atoms with E-state index in [2.05, 4.69) is 36.8 Å². The number of ether oxygens (including phenoxy) is 2. The second kappa shape index (κ2) is 11.2. The summed E-state index contributed by atoms with van der Waals surface area (Å²) >= 11 is 8.18. The summed E-state index contributed by atoms with van der Waals surface area (Å²) in [6.07, 6.45) is 1.93. The van der Waals surface area contributed by atoms with Crippen LogP contribution in [0.15, 0.2) is 34.8 Å². The minimum atomic E-state index is -0.648. The van der Waals surface area contributed by atoms with Gasteiger partial charge in [0.1, 0.15) is 5.75 Å². The number of hydrogen-bond donors (Lipinski definition) is 3. The molecule has 0 spiro atoms. The van der Waals surface area contributed by atoms with E-state index in [1.807, 2.05) is 19.1 Å². The van der Waals surface area contributed by atoms with Crippen molar-refractivity contribution in [3.05, 3.63) is 40.4 Å². The maximum Gasteiger partial charge on any atom is 0.330 e. The molecule has 0 saturated heterocycles. The van der Waals surface area contributed by atoms with Crippen molar-refractivity contribution in [3.8, 4) is 5.75 Å². The summed E-state index contributed by atoms with van der Waals surface area (Å²) < 4.78 is 10.7. The van der Waals surface area contributed by atoms with Crippen LogP contribution in [0, 0.1) is 6.92 Å². The summed E-state index contributed by atoms with van der Waals surface area (Å²) in [6, 6.07) is 5.45. The van der Waals surface area contributed by atoms with Crippen LogP contribution in [-0.4, -0.2) is 36.1 Å². The second-order valence-electron chi connectivity index (χ2n) is 4.80. The molecule has 0 radical (unpaired) electrons. The van der Waals surface area contributed by atoms with Crippen molar-refractivity contribution < 1.29 is 23.9 Å². The fraction of sp³-hybridized carbons (Fsp3) is 0.250. The fourth-order valence-corrected chi connectivity index (χ4v) is 2.31. The number of nitrogens with one attached hydrogen (secondary N) is 3. The van der Waals surface area contributed by atoms with E-state index in [0.717, 1.165) is 22.2 Å². The molecule has 0 bridgehead atoms. The van der Waals surface area contributed by atoms with E-state index >= 15 is 0 Å². The number of benzene rings is 1. The first-order valence-corrected chi connectivity index (χ1v) is 8.65. The molecule has 2 amide bonds. The molecule has 0 atom stereocenters. The van der Waals surface area contributed by atoms with Gasteiger partial charge in [-0.3, -0.25) is 25.8 Å². The third kappa shape index (κ3) is 8.58. The minimum Gasteiger partial charge on any atom is -0.483 e. The van der Waals surface area contributed by atoms with Crippen molar-refractivity contribution in [3.63, 3.8) is 0 Å². The van der Waals surface area contributed by atoms with Gasteiger partial charge >= 0.3 is 5.97 Å². The lowest BCUT2D eigenvalue weighted by Crippen LogP contribution is -2.49. The number of halogens is 1. The van der Waals surface area contributed by atoms with E-state index in [1.165, 1.54) is 0 Å². The Bertz CT molecular complexity index is 724. The zero-order valence-corrected chi connectivity index (χ0v) is 16.5. The highest BCUT2D eigenvalue weighted by Crippen LogP contribution is 2.25. The van der Waals surface area contributed by atoms with Crippen molar-refractivity contribution in [1.82, 2.24) is 16.2 Å². The van der Waals surface area contributed by atoms with Crippen LogP contribution in [0.4, 0.5) is 0 Å². The zero-order valence-electron chi connectivity index (χ0n) is 14.1. The van der Waals surface area contributed by atoms with Gasteiger partial charge in [0.2, 0.25) is 5.91 Å². The number of hydrogen-bond acceptors (Lipinski definition) is 6. The highest BCUT2D eigenvalue weighted by atomic mass is 79.9. The molecule has 0 fully saturated rings. The number of rotatable bonds is 6. The highest BCUT2D eigenvalue weighted by molar-refractivity contribution is 9.10. The topological polar surface area (TPSA) is 106 Å². The van der Waals surface area contributed by atoms with Gasteiger partial charge in [-0.1, -0.05) is 6.07 Å². The molecule has 26 heavy (non-hydrogen) atoms. The molecular weight excluding hydrogens is 426 g/mol. The van der Waals surface area contributed by atoms with E-state index in [1.54, 1.807) is 13.0 Å². The molecule has 1 rings (SSSR count). The standard InChI is InChI=1S/C16H18BrN3O5S/c1-3-24-15(23)7-6-13(21)18-16(26)20-19-14(22)9-25-12-5-4-10(2)8-11(12)17/h4-8H,3,9H2,1-2H3,(H,19,22)(H2,18,20,21,26)/b7-6+. The summed E-state index contributed by atoms with van der Waals surface area (Å²) in [7, 11) is 0. The van der Waals surface area contributed by atoms with Crippen molar-refractivity contribution in [2.75, 3.05) is 13.2 Å². The fourth-order valence-electron chi connectivity index (χ4n) is 1.55. The third-order valence-corrected chi connectivity index (χ3v) is 3.48. The van der Waals surface area contributed by atoms with E-state index in [0.29, 0.717) is 5.75 Å². The highest BCUT2D eigenvalue weighted by Gasteiger charge is 2.07. The first-order chi connectivity index (χ1) is 12.3. The summed E-state index contributed by atoms with van der Waals surface area (Å²) in [4.78, 5) is 34.3. The number of amides is 2. The molecule has 0 aliphatic heterocycles. The Morgan fingerprint density at radius 2 is 1.96 bits per heavy atom. The van der Waals surface area contributed by atoms with Gasteiger partial charge < -0.3 is 9.47 Å². The van der Waals surface area contributed by atoms with Gasteiger partial charge in [-0.2, -0.15) is 0 Å². The predicted molar refractivity (Wildman–Crippen MR) is 102 cm³/mol. The van der Waals surface area contributed by atoms with Gasteiger partial charge in [0.15, 0.2) is 11.7 Å². The first-order valence-electron chi connectivity index (χ1n) is 7.45. The summed E-state index contributed by atoms with van der Waals surface area (Å²) in [6.45, 7) is 3.53. The Morgan fingerprint density at radius 3 is 2.62 bits per heavy atom. The van der Waals surface area contributed by atoms with Gasteiger partial charge in [0.05, 0.1) is 11.1 Å². The summed E-state index contributed by atoms with van der Waals surface area (Å²) in [5, 5.41) is 2.10. The lowest BCUT2D eigenvalue weighted by Gasteiger charge is -2.11. The second-order valence-corrected chi connectivity index (χ2v) is 6.06. The predicted octanol–water partition coefficient (Wildman–Crippen LogP) is 1.28. The lowest BCUT2D eigenvalue weighted by atomic mass is 10.2. The molecule has 0 aliphatic rings. The van der Waals surface area contributed by atoms with E-state index in [4.69, 9.17) is 17.0 Å². The molecule has 1 aromatic carbocycles. The normalized spacial score (nSPS) is 10.1. The van der Waals surface area contributed by atoms with Crippen LogP contribution in [0.5, 0.6) is 5.75 Å². The maximum absolute atomic E-state index is 11.7. The molecular formula is C16H18BrN3O5S. The van der Waals surface area contributed by atoms with Gasteiger partial charge in [-0.25, -0.2) is 4.79 Å². The van der Waals surface area contributed by atoms with Crippen molar-refractivity contribution >= 4 is 51.0 Å². The monoisotopic (exact) mass is 443 g/mol. The van der Waals surface area contributed by atoms with Crippen molar-refractivity contribution in [1.29, 1.82) is 0 Å². The van der Waals surface area contributed by atoms with Gasteiger partial charge in [0.25, 0.3) is 5.91 Å². The van der Waals surface area contributed by atoms with Crippen LogP contribution in [0.1, 0.15) is 12.5 Å². The number of esters is 1. The molecule has 0 aliphatic carbocycles. The van der Waals surface area contributed by atoms with Gasteiger partial charge in [0, 0.05) is 12.2 Å². The minimum absolute atomic E-state index is 0.145. The molecule has 0 saturated carbocycles. The van der Waals surface area contributed by atoms with E-state index < -0.39 is 17.8 Å². The number of hydrazine groups is 1.